The van der Waals surface area contributed by atoms with Crippen LogP contribution in [0.4, 0.5) is 0 Å². The fourth-order valence-electron chi connectivity index (χ4n) is 4.07. The maximum absolute atomic E-state index is 12.6. The number of esters is 1. The summed E-state index contributed by atoms with van der Waals surface area (Å²) in [7, 11) is 1.50. The van der Waals surface area contributed by atoms with Gasteiger partial charge in [-0.2, -0.15) is 0 Å². The van der Waals surface area contributed by atoms with E-state index in [1.165, 1.54) is 14.0 Å². The molecule has 10 heteroatoms. The van der Waals surface area contributed by atoms with Crippen molar-refractivity contribution in [1.82, 2.24) is 0 Å². The lowest BCUT2D eigenvalue weighted by Gasteiger charge is -2.39. The molecule has 33 heavy (non-hydrogen) atoms. The lowest BCUT2D eigenvalue weighted by atomic mass is 9.94. The van der Waals surface area contributed by atoms with Gasteiger partial charge in [-0.05, 0) is 39.2 Å². The molecule has 0 aliphatic carbocycles. The highest BCUT2D eigenvalue weighted by atomic mass is 16.7. The minimum atomic E-state index is -1.56. The first-order chi connectivity index (χ1) is 15.6. The zero-order valence-electron chi connectivity index (χ0n) is 19.2. The van der Waals surface area contributed by atoms with E-state index in [1.807, 2.05) is 19.9 Å². The van der Waals surface area contributed by atoms with E-state index < -0.39 is 42.6 Å². The summed E-state index contributed by atoms with van der Waals surface area (Å²) in [6.45, 7) is 5.26. The van der Waals surface area contributed by atoms with Crippen molar-refractivity contribution in [1.29, 1.82) is 0 Å². The number of hydrogen-bond acceptors (Lipinski definition) is 9. The van der Waals surface area contributed by atoms with Gasteiger partial charge in [-0.3, -0.25) is 4.79 Å². The molecule has 10 nitrogen and oxygen atoms in total. The Kier molecular flexibility index (Phi) is 7.63. The molecule has 5 N–H and O–H groups in total. The molecule has 0 unspecified atom stereocenters. The standard InChI is InChI=1S/C23H31NO9/c1-10(6-8-15(24)25)5-7-13-20(30-4)11(2)14-9-31-22(29)16(14)21(13)33-23-19(28)18(27)17(26)12(3)32-23/h5,12,17-19,23,26-28H,6-9H2,1-4H3,(H2,24,25)/b10-5+/t12-,17-,18+,19+,23+/m0/s1. The van der Waals surface area contributed by atoms with Crippen molar-refractivity contribution >= 4 is 11.9 Å². The van der Waals surface area contributed by atoms with Gasteiger partial charge in [0.25, 0.3) is 0 Å². The molecule has 3 rings (SSSR count). The number of nitrogens with two attached hydrogens (primary N) is 1. The van der Waals surface area contributed by atoms with Crippen molar-refractivity contribution in [2.45, 2.75) is 77.3 Å². The van der Waals surface area contributed by atoms with Crippen LogP contribution in [0.1, 0.15) is 53.7 Å². The van der Waals surface area contributed by atoms with Crippen molar-refractivity contribution < 1.29 is 43.9 Å². The van der Waals surface area contributed by atoms with Crippen LogP contribution in [0, 0.1) is 6.92 Å². The molecular formula is C23H31NO9. The van der Waals surface area contributed by atoms with E-state index in [0.717, 1.165) is 11.1 Å². The number of aliphatic hydroxyl groups excluding tert-OH is 3. The lowest BCUT2D eigenvalue weighted by molar-refractivity contribution is -0.268. The number of carbonyl (C=O) groups is 2. The van der Waals surface area contributed by atoms with Crippen molar-refractivity contribution in [3.63, 3.8) is 0 Å². The van der Waals surface area contributed by atoms with Gasteiger partial charge >= 0.3 is 5.97 Å². The molecule has 0 bridgehead atoms. The monoisotopic (exact) mass is 465 g/mol. The molecule has 0 saturated carbocycles. The molecule has 2 heterocycles. The first-order valence-electron chi connectivity index (χ1n) is 10.8. The number of primary amides is 1. The summed E-state index contributed by atoms with van der Waals surface area (Å²) < 4.78 is 22.5. The van der Waals surface area contributed by atoms with E-state index in [-0.39, 0.29) is 30.8 Å². The summed E-state index contributed by atoms with van der Waals surface area (Å²) in [6, 6.07) is 0. The Morgan fingerprint density at radius 2 is 1.88 bits per heavy atom. The molecule has 1 aromatic rings. The third-order valence-electron chi connectivity index (χ3n) is 6.09. The predicted octanol–water partition coefficient (Wildman–Crippen LogP) is 0.635. The Labute approximate surface area is 191 Å². The minimum absolute atomic E-state index is 0.0479. The van der Waals surface area contributed by atoms with Gasteiger partial charge in [0, 0.05) is 17.5 Å². The molecule has 0 radical (unpaired) electrons. The summed E-state index contributed by atoms with van der Waals surface area (Å²) in [5.74, 6) is -0.382. The van der Waals surface area contributed by atoms with Crippen molar-refractivity contribution in [2.75, 3.05) is 7.11 Å². The largest absolute Gasteiger partial charge is 0.496 e. The average Bonchev–Trinajstić information content (AvgIpc) is 3.16. The van der Waals surface area contributed by atoms with Crippen LogP contribution in [-0.2, 0) is 27.3 Å². The molecule has 0 spiro atoms. The number of hydrogen-bond donors (Lipinski definition) is 4. The Morgan fingerprint density at radius 3 is 2.52 bits per heavy atom. The quantitative estimate of drug-likeness (QED) is 0.319. The summed E-state index contributed by atoms with van der Waals surface area (Å²) in [6.07, 6.45) is -3.67. The maximum atomic E-state index is 12.6. The van der Waals surface area contributed by atoms with E-state index in [9.17, 15) is 24.9 Å². The number of carbonyl (C=O) groups excluding carboxylic acids is 2. The summed E-state index contributed by atoms with van der Waals surface area (Å²) in [5, 5.41) is 30.6. The number of cyclic esters (lactones) is 1. The Morgan fingerprint density at radius 1 is 1.18 bits per heavy atom. The second-order valence-corrected chi connectivity index (χ2v) is 8.42. The van der Waals surface area contributed by atoms with E-state index in [0.29, 0.717) is 23.3 Å². The van der Waals surface area contributed by atoms with E-state index >= 15 is 0 Å². The van der Waals surface area contributed by atoms with Crippen LogP contribution < -0.4 is 15.2 Å². The van der Waals surface area contributed by atoms with E-state index in [1.54, 1.807) is 0 Å². The lowest BCUT2D eigenvalue weighted by Crippen LogP contribution is -2.58. The number of methoxy groups -OCH3 is 1. The Hall–Kier alpha value is -2.66. The van der Waals surface area contributed by atoms with Gasteiger partial charge < -0.3 is 40.0 Å². The van der Waals surface area contributed by atoms with E-state index in [4.69, 9.17) is 24.7 Å². The smallest absolute Gasteiger partial charge is 0.342 e. The van der Waals surface area contributed by atoms with Gasteiger partial charge in [0.15, 0.2) is 0 Å². The summed E-state index contributed by atoms with van der Waals surface area (Å²) in [5.41, 5.74) is 8.19. The molecule has 1 fully saturated rings. The van der Waals surface area contributed by atoms with Crippen LogP contribution in [0.25, 0.3) is 0 Å². The number of benzene rings is 1. The number of aliphatic hydroxyl groups is 3. The van der Waals surface area contributed by atoms with Crippen LogP contribution in [0.2, 0.25) is 0 Å². The second kappa shape index (κ2) is 10.1. The molecule has 1 amide bonds. The van der Waals surface area contributed by atoms with Gasteiger partial charge in [-0.15, -0.1) is 0 Å². The highest BCUT2D eigenvalue weighted by molar-refractivity contribution is 5.98. The number of fused-ring (bicyclic) bond motifs is 1. The highest BCUT2D eigenvalue weighted by Crippen LogP contribution is 2.44. The van der Waals surface area contributed by atoms with Crippen LogP contribution in [0.5, 0.6) is 11.5 Å². The first kappa shape index (κ1) is 25.0. The van der Waals surface area contributed by atoms with Crippen LogP contribution in [0.3, 0.4) is 0 Å². The van der Waals surface area contributed by atoms with Gasteiger partial charge in [0.05, 0.1) is 13.2 Å². The molecule has 0 aromatic heterocycles. The first-order valence-corrected chi connectivity index (χ1v) is 10.8. The Bertz CT molecular complexity index is 958. The van der Waals surface area contributed by atoms with Gasteiger partial charge in [0.1, 0.15) is 42.0 Å². The van der Waals surface area contributed by atoms with Crippen molar-refractivity contribution in [2.24, 2.45) is 5.73 Å². The van der Waals surface area contributed by atoms with Gasteiger partial charge in [-0.25, -0.2) is 4.79 Å². The third-order valence-corrected chi connectivity index (χ3v) is 6.09. The molecule has 5 atom stereocenters. The highest BCUT2D eigenvalue weighted by Gasteiger charge is 2.44. The number of allylic oxidation sites excluding steroid dienone is 2. The van der Waals surface area contributed by atoms with E-state index in [2.05, 4.69) is 0 Å². The van der Waals surface area contributed by atoms with Gasteiger partial charge in [0.2, 0.25) is 12.2 Å². The fraction of sp³-hybridized carbons (Fsp3) is 0.565. The maximum Gasteiger partial charge on any atom is 0.342 e. The fourth-order valence-corrected chi connectivity index (χ4v) is 4.07. The molecular weight excluding hydrogens is 434 g/mol. The predicted molar refractivity (Wildman–Crippen MR) is 116 cm³/mol. The van der Waals surface area contributed by atoms with Crippen LogP contribution in [0.15, 0.2) is 11.6 Å². The zero-order chi connectivity index (χ0) is 24.4. The zero-order valence-corrected chi connectivity index (χ0v) is 19.2. The molecule has 2 aliphatic rings. The van der Waals surface area contributed by atoms with Crippen molar-refractivity contribution in [3.8, 4) is 11.5 Å². The second-order valence-electron chi connectivity index (χ2n) is 8.42. The third kappa shape index (κ3) is 4.98. The normalized spacial score (nSPS) is 27.2. The summed E-state index contributed by atoms with van der Waals surface area (Å²) in [4.78, 5) is 23.7. The molecule has 2 aliphatic heterocycles. The number of amides is 1. The van der Waals surface area contributed by atoms with Crippen LogP contribution in [-0.4, -0.2) is 65.0 Å². The van der Waals surface area contributed by atoms with Crippen molar-refractivity contribution in [3.05, 3.63) is 33.9 Å². The number of rotatable bonds is 8. The topological polar surface area (TPSA) is 158 Å². The molecule has 1 saturated heterocycles. The average molecular weight is 465 g/mol. The Balaban J connectivity index is 2.05. The van der Waals surface area contributed by atoms with Gasteiger partial charge in [-0.1, -0.05) is 11.6 Å². The molecule has 182 valence electrons. The number of ether oxygens (including phenoxy) is 4. The molecule has 1 aromatic carbocycles. The van der Waals surface area contributed by atoms with Crippen LogP contribution >= 0.6 is 0 Å². The summed E-state index contributed by atoms with van der Waals surface area (Å²) >= 11 is 0. The SMILES string of the molecule is COc1c(C)c2c(c(O[C@H]3O[C@@H](C)[C@H](O)[C@@H](O)[C@H]3O)c1C/C=C(\C)CCC(N)=O)C(=O)OC2. The minimum Gasteiger partial charge on any atom is -0.496 e.